The van der Waals surface area contributed by atoms with Gasteiger partial charge in [0.05, 0.1) is 11.1 Å². The molecule has 0 fully saturated rings. The molecule has 0 aliphatic carbocycles. The Hall–Kier alpha value is -2.19. The molecule has 1 aliphatic heterocycles. The summed E-state index contributed by atoms with van der Waals surface area (Å²) in [6.07, 6.45) is -10.3. The minimum Gasteiger partial charge on any atom is -0.384 e. The molecule has 0 amide bonds. The number of rotatable bonds is 2. The second kappa shape index (κ2) is 6.21. The molecule has 2 aromatic rings. The lowest BCUT2D eigenvalue weighted by molar-refractivity contribution is -0.137. The van der Waals surface area contributed by atoms with Crippen molar-refractivity contribution >= 4 is 16.6 Å². The molecule has 9 heteroatoms. The molecule has 1 aromatic carbocycles. The number of hydrogen-bond donors (Lipinski definition) is 2. The zero-order chi connectivity index (χ0) is 19.3. The summed E-state index contributed by atoms with van der Waals surface area (Å²) in [6.45, 7) is 2.17. The van der Waals surface area contributed by atoms with Crippen LogP contribution in [0.25, 0.3) is 10.9 Å². The Balaban J connectivity index is 2.15. The van der Waals surface area contributed by atoms with Gasteiger partial charge in [-0.3, -0.25) is 4.79 Å². The predicted octanol–water partition coefficient (Wildman–Crippen LogP) is 5.03. The van der Waals surface area contributed by atoms with Crippen LogP contribution in [-0.2, 0) is 6.18 Å². The number of halogens is 6. The molecule has 0 radical (unpaired) electrons. The van der Waals surface area contributed by atoms with Crippen LogP contribution in [-0.4, -0.2) is 17.7 Å². The molecule has 3 nitrogen and oxygen atoms in total. The van der Waals surface area contributed by atoms with Gasteiger partial charge in [0.2, 0.25) is 5.56 Å². The molecular formula is C17H16F6N2O. The average Bonchev–Trinajstić information content (AvgIpc) is 2.49. The van der Waals surface area contributed by atoms with Gasteiger partial charge < -0.3 is 10.3 Å². The second-order valence-corrected chi connectivity index (χ2v) is 6.65. The lowest BCUT2D eigenvalue weighted by Gasteiger charge is -2.33. The van der Waals surface area contributed by atoms with Crippen molar-refractivity contribution in [3.05, 3.63) is 39.7 Å². The van der Waals surface area contributed by atoms with E-state index in [1.807, 2.05) is 0 Å². The topological polar surface area (TPSA) is 44.9 Å². The van der Waals surface area contributed by atoms with Crippen molar-refractivity contribution in [1.82, 2.24) is 4.98 Å². The van der Waals surface area contributed by atoms with Gasteiger partial charge in [0.15, 0.2) is 0 Å². The van der Waals surface area contributed by atoms with E-state index in [0.29, 0.717) is 23.9 Å². The van der Waals surface area contributed by atoms with Crippen LogP contribution < -0.4 is 10.9 Å². The number of nitrogens with one attached hydrogen (secondary N) is 2. The van der Waals surface area contributed by atoms with E-state index in [1.165, 1.54) is 12.1 Å². The normalized spacial score (nSPS) is 20.7. The standard InChI is InChI=1S/C17H16F6N2O/c1-8-7-24-13-6-14-11(12(17(21,22)23)5-15(26)25-14)4-10(13)9(8)2-3-16(18,19)20/h4-6,8-9,24H,2-3,7H2,1H3,(H,25,26)/t8-,9+/m1/s1. The third kappa shape index (κ3) is 3.66. The Morgan fingerprint density at radius 2 is 1.81 bits per heavy atom. The summed E-state index contributed by atoms with van der Waals surface area (Å²) in [5.74, 6) is -0.690. The highest BCUT2D eigenvalue weighted by Crippen LogP contribution is 2.43. The molecule has 26 heavy (non-hydrogen) atoms. The van der Waals surface area contributed by atoms with E-state index in [0.717, 1.165) is 0 Å². The fraction of sp³-hybridized carbons (Fsp3) is 0.471. The molecule has 1 aromatic heterocycles. The molecule has 0 saturated heterocycles. The van der Waals surface area contributed by atoms with Crippen molar-refractivity contribution in [3.8, 4) is 0 Å². The Morgan fingerprint density at radius 3 is 2.42 bits per heavy atom. The Labute approximate surface area is 144 Å². The van der Waals surface area contributed by atoms with Crippen molar-refractivity contribution < 1.29 is 26.3 Å². The van der Waals surface area contributed by atoms with E-state index in [9.17, 15) is 31.1 Å². The first-order chi connectivity index (χ1) is 12.0. The smallest absolute Gasteiger partial charge is 0.384 e. The Morgan fingerprint density at radius 1 is 1.12 bits per heavy atom. The van der Waals surface area contributed by atoms with Crippen LogP contribution in [0.15, 0.2) is 23.0 Å². The first-order valence-corrected chi connectivity index (χ1v) is 8.04. The summed E-state index contributed by atoms with van der Waals surface area (Å²) in [5.41, 5.74) is -1.11. The van der Waals surface area contributed by atoms with E-state index < -0.39 is 35.8 Å². The largest absolute Gasteiger partial charge is 0.417 e. The molecule has 0 saturated carbocycles. The fourth-order valence-electron chi connectivity index (χ4n) is 3.49. The van der Waals surface area contributed by atoms with Gasteiger partial charge in [-0.2, -0.15) is 26.3 Å². The van der Waals surface area contributed by atoms with Crippen molar-refractivity contribution in [1.29, 1.82) is 0 Å². The quantitative estimate of drug-likeness (QED) is 0.720. The molecule has 1 aliphatic rings. The predicted molar refractivity (Wildman–Crippen MR) is 85.3 cm³/mol. The highest BCUT2D eigenvalue weighted by molar-refractivity contribution is 5.87. The van der Waals surface area contributed by atoms with Gasteiger partial charge in [-0.15, -0.1) is 0 Å². The van der Waals surface area contributed by atoms with E-state index >= 15 is 0 Å². The third-order valence-electron chi connectivity index (χ3n) is 4.76. The van der Waals surface area contributed by atoms with Gasteiger partial charge in [-0.1, -0.05) is 6.92 Å². The monoisotopic (exact) mass is 378 g/mol. The molecule has 0 unspecified atom stereocenters. The third-order valence-corrected chi connectivity index (χ3v) is 4.76. The summed E-state index contributed by atoms with van der Waals surface area (Å²) in [6, 6.07) is 3.10. The molecule has 142 valence electrons. The fourth-order valence-corrected chi connectivity index (χ4v) is 3.49. The summed E-state index contributed by atoms with van der Waals surface area (Å²) < 4.78 is 77.8. The van der Waals surface area contributed by atoms with Gasteiger partial charge in [0, 0.05) is 30.1 Å². The van der Waals surface area contributed by atoms with Crippen molar-refractivity contribution in [2.75, 3.05) is 11.9 Å². The minimum atomic E-state index is -4.74. The summed E-state index contributed by atoms with van der Waals surface area (Å²) in [7, 11) is 0. The summed E-state index contributed by atoms with van der Waals surface area (Å²) >= 11 is 0. The molecule has 2 N–H and O–H groups in total. The number of aromatic amines is 1. The molecule has 2 heterocycles. The molecule has 0 spiro atoms. The van der Waals surface area contributed by atoms with Crippen LogP contribution in [0.1, 0.15) is 36.8 Å². The maximum absolute atomic E-state index is 13.3. The first kappa shape index (κ1) is 18.6. The van der Waals surface area contributed by atoms with Crippen LogP contribution in [0, 0.1) is 5.92 Å². The van der Waals surface area contributed by atoms with Gasteiger partial charge in [0.25, 0.3) is 0 Å². The second-order valence-electron chi connectivity index (χ2n) is 6.65. The van der Waals surface area contributed by atoms with Crippen molar-refractivity contribution in [2.45, 2.75) is 38.0 Å². The zero-order valence-electron chi connectivity index (χ0n) is 13.7. The van der Waals surface area contributed by atoms with Gasteiger partial charge in [-0.25, -0.2) is 0 Å². The van der Waals surface area contributed by atoms with Gasteiger partial charge in [-0.05, 0) is 36.0 Å². The number of alkyl halides is 6. The number of H-pyrrole nitrogens is 1. The molecule has 0 bridgehead atoms. The number of pyridine rings is 1. The van der Waals surface area contributed by atoms with Crippen LogP contribution in [0.5, 0.6) is 0 Å². The number of benzene rings is 1. The first-order valence-electron chi connectivity index (χ1n) is 8.04. The summed E-state index contributed by atoms with van der Waals surface area (Å²) in [5, 5.41) is 2.81. The minimum absolute atomic E-state index is 0.000185. The van der Waals surface area contributed by atoms with Crippen LogP contribution >= 0.6 is 0 Å². The Bertz CT molecular complexity index is 884. The van der Waals surface area contributed by atoms with Gasteiger partial charge >= 0.3 is 12.4 Å². The van der Waals surface area contributed by atoms with Crippen LogP contribution in [0.2, 0.25) is 0 Å². The van der Waals surface area contributed by atoms with E-state index in [4.69, 9.17) is 0 Å². The maximum atomic E-state index is 13.3. The molecule has 2 atom stereocenters. The van der Waals surface area contributed by atoms with E-state index in [-0.39, 0.29) is 23.2 Å². The number of anilines is 1. The summed E-state index contributed by atoms with van der Waals surface area (Å²) in [4.78, 5) is 13.9. The lowest BCUT2D eigenvalue weighted by atomic mass is 9.79. The maximum Gasteiger partial charge on any atom is 0.417 e. The molecule has 3 rings (SSSR count). The van der Waals surface area contributed by atoms with Gasteiger partial charge in [0.1, 0.15) is 0 Å². The SMILES string of the molecule is C[C@@H]1CNc2cc3[nH]c(=O)cc(C(F)(F)F)c3cc2[C@H]1CCC(F)(F)F. The van der Waals surface area contributed by atoms with E-state index in [1.54, 1.807) is 6.92 Å². The van der Waals surface area contributed by atoms with Crippen LogP contribution in [0.3, 0.4) is 0 Å². The number of aromatic nitrogens is 1. The van der Waals surface area contributed by atoms with Crippen molar-refractivity contribution in [3.63, 3.8) is 0 Å². The number of fused-ring (bicyclic) bond motifs is 2. The van der Waals surface area contributed by atoms with E-state index in [2.05, 4.69) is 10.3 Å². The lowest BCUT2D eigenvalue weighted by Crippen LogP contribution is -2.27. The van der Waals surface area contributed by atoms with Crippen LogP contribution in [0.4, 0.5) is 32.0 Å². The highest BCUT2D eigenvalue weighted by atomic mass is 19.4. The highest BCUT2D eigenvalue weighted by Gasteiger charge is 2.36. The Kier molecular flexibility index (Phi) is 4.44. The average molecular weight is 378 g/mol. The molecular weight excluding hydrogens is 362 g/mol. The zero-order valence-corrected chi connectivity index (χ0v) is 13.7. The number of hydrogen-bond acceptors (Lipinski definition) is 2. The van der Waals surface area contributed by atoms with Crippen molar-refractivity contribution in [2.24, 2.45) is 5.92 Å².